The van der Waals surface area contributed by atoms with Crippen molar-refractivity contribution in [1.29, 1.82) is 0 Å². The van der Waals surface area contributed by atoms with Gasteiger partial charge in [-0.3, -0.25) is 19.2 Å². The highest BCUT2D eigenvalue weighted by Crippen LogP contribution is 2.29. The quantitative estimate of drug-likeness (QED) is 0.244. The van der Waals surface area contributed by atoms with Crippen LogP contribution in [0.25, 0.3) is 10.9 Å². The number of benzene rings is 2. The number of nitrogens with one attached hydrogen (secondary N) is 3. The molecule has 3 amide bonds. The van der Waals surface area contributed by atoms with Crippen LogP contribution in [0.2, 0.25) is 0 Å². The number of rotatable bonds is 3. The van der Waals surface area contributed by atoms with Crippen LogP contribution in [0.1, 0.15) is 56.7 Å². The number of phenols is 1. The van der Waals surface area contributed by atoms with Crippen molar-refractivity contribution in [3.8, 4) is 5.75 Å². The van der Waals surface area contributed by atoms with Crippen LogP contribution in [-0.2, 0) is 30.3 Å². The zero-order valence-electron chi connectivity index (χ0n) is 24.5. The summed E-state index contributed by atoms with van der Waals surface area (Å²) in [4.78, 5) is 57.7. The first kappa shape index (κ1) is 31.8. The molecule has 43 heavy (non-hydrogen) atoms. The van der Waals surface area contributed by atoms with Crippen molar-refractivity contribution in [1.82, 2.24) is 20.5 Å². The van der Waals surface area contributed by atoms with E-state index in [9.17, 15) is 24.3 Å². The Hall–Kier alpha value is -4.12. The first-order valence-corrected chi connectivity index (χ1v) is 15.0. The van der Waals surface area contributed by atoms with Crippen LogP contribution in [0.3, 0.4) is 0 Å². The maximum absolute atomic E-state index is 14.1. The molecule has 2 heterocycles. The molecule has 0 spiro atoms. The number of carbonyl (C=O) groups is 4. The standard InChI is InChI=1S/C32H37BrN4O6/c1-19-7-6-14-43-30(40)17-26(21-11-12-28(38)24(33)15-21)36-31(41)27(16-22-18-34-25-9-5-4-8-23(22)25)37(3)32(42)20(2)35-29(39)13-10-19/h4-5,7-9,11-12,15,18,20,26-27,34,38H,6,10,13-14,16-17H2,1-3H3,(H,35,39)(H,36,41)/b19-7+/t20-,26+,27?/m0/s1. The first-order valence-electron chi connectivity index (χ1n) is 14.2. The van der Waals surface area contributed by atoms with Crippen molar-refractivity contribution in [3.05, 3.63) is 75.9 Å². The number of halogens is 1. The lowest BCUT2D eigenvalue weighted by molar-refractivity contribution is -0.145. The molecule has 11 heteroatoms. The van der Waals surface area contributed by atoms with Gasteiger partial charge in [0.15, 0.2) is 0 Å². The van der Waals surface area contributed by atoms with Crippen molar-refractivity contribution in [3.63, 3.8) is 0 Å². The Kier molecular flexibility index (Phi) is 10.6. The van der Waals surface area contributed by atoms with E-state index in [0.29, 0.717) is 22.9 Å². The van der Waals surface area contributed by atoms with Crippen LogP contribution in [0.4, 0.5) is 0 Å². The number of likely N-dealkylation sites (N-methyl/N-ethyl adjacent to an activating group) is 1. The second-order valence-corrected chi connectivity index (χ2v) is 11.7. The molecule has 1 aliphatic rings. The molecule has 0 saturated carbocycles. The zero-order chi connectivity index (χ0) is 31.1. The van der Waals surface area contributed by atoms with E-state index in [2.05, 4.69) is 31.5 Å². The molecule has 4 rings (SSSR count). The van der Waals surface area contributed by atoms with Gasteiger partial charge in [0.05, 0.1) is 23.5 Å². The number of cyclic esters (lactones) is 1. The van der Waals surface area contributed by atoms with Crippen LogP contribution < -0.4 is 10.6 Å². The summed E-state index contributed by atoms with van der Waals surface area (Å²) in [6.45, 7) is 3.66. The molecule has 1 unspecified atom stereocenters. The second-order valence-electron chi connectivity index (χ2n) is 10.9. The molecule has 3 atom stereocenters. The molecule has 1 aromatic heterocycles. The number of carbonyl (C=O) groups excluding carboxylic acids is 4. The molecular weight excluding hydrogens is 616 g/mol. The molecule has 0 bridgehead atoms. The van der Waals surface area contributed by atoms with Gasteiger partial charge in [0.25, 0.3) is 0 Å². The fourth-order valence-corrected chi connectivity index (χ4v) is 5.52. The van der Waals surface area contributed by atoms with Gasteiger partial charge in [-0.25, -0.2) is 0 Å². The fourth-order valence-electron chi connectivity index (χ4n) is 5.13. The summed E-state index contributed by atoms with van der Waals surface area (Å²) in [5.74, 6) is -1.68. The summed E-state index contributed by atoms with van der Waals surface area (Å²) in [7, 11) is 1.54. The summed E-state index contributed by atoms with van der Waals surface area (Å²) < 4.78 is 5.87. The molecule has 1 aliphatic heterocycles. The Bertz CT molecular complexity index is 1530. The number of esters is 1. The van der Waals surface area contributed by atoms with E-state index >= 15 is 0 Å². The number of nitrogens with zero attached hydrogens (tertiary/aromatic N) is 1. The number of hydrogen-bond donors (Lipinski definition) is 4. The van der Waals surface area contributed by atoms with Gasteiger partial charge in [-0.15, -0.1) is 0 Å². The summed E-state index contributed by atoms with van der Waals surface area (Å²) in [5.41, 5.74) is 3.27. The highest BCUT2D eigenvalue weighted by molar-refractivity contribution is 9.10. The first-order chi connectivity index (χ1) is 20.5. The lowest BCUT2D eigenvalue weighted by atomic mass is 9.99. The average molecular weight is 654 g/mol. The molecule has 10 nitrogen and oxygen atoms in total. The maximum Gasteiger partial charge on any atom is 0.308 e. The van der Waals surface area contributed by atoms with Crippen LogP contribution in [0.5, 0.6) is 5.75 Å². The van der Waals surface area contributed by atoms with Crippen molar-refractivity contribution in [2.24, 2.45) is 0 Å². The van der Waals surface area contributed by atoms with E-state index < -0.39 is 35.9 Å². The number of para-hydroxylation sites is 1. The number of ether oxygens (including phenoxy) is 1. The molecule has 0 radical (unpaired) electrons. The summed E-state index contributed by atoms with van der Waals surface area (Å²) in [5, 5.41) is 16.7. The minimum Gasteiger partial charge on any atom is -0.507 e. The number of aromatic amines is 1. The molecule has 0 fully saturated rings. The van der Waals surface area contributed by atoms with E-state index in [1.807, 2.05) is 43.5 Å². The predicted molar refractivity (Wildman–Crippen MR) is 166 cm³/mol. The molecule has 0 aliphatic carbocycles. The molecule has 4 N–H and O–H groups in total. The van der Waals surface area contributed by atoms with E-state index in [1.165, 1.54) is 18.0 Å². The van der Waals surface area contributed by atoms with Gasteiger partial charge in [-0.1, -0.05) is 35.9 Å². The Morgan fingerprint density at radius 3 is 2.60 bits per heavy atom. The van der Waals surface area contributed by atoms with Crippen LogP contribution >= 0.6 is 15.9 Å². The average Bonchev–Trinajstić information content (AvgIpc) is 3.39. The summed E-state index contributed by atoms with van der Waals surface area (Å²) in [6.07, 6.45) is 4.93. The molecule has 2 aromatic carbocycles. The smallest absolute Gasteiger partial charge is 0.308 e. The van der Waals surface area contributed by atoms with Gasteiger partial charge in [0.1, 0.15) is 17.8 Å². The summed E-state index contributed by atoms with van der Waals surface area (Å²) >= 11 is 3.31. The maximum atomic E-state index is 14.1. The van der Waals surface area contributed by atoms with E-state index in [4.69, 9.17) is 4.74 Å². The van der Waals surface area contributed by atoms with E-state index in [0.717, 1.165) is 22.0 Å². The second kappa shape index (κ2) is 14.4. The van der Waals surface area contributed by atoms with Crippen LogP contribution in [0.15, 0.2) is 64.8 Å². The number of aromatic hydroxyl groups is 1. The molecule has 228 valence electrons. The van der Waals surface area contributed by atoms with E-state index in [-0.39, 0.29) is 37.5 Å². The number of allylic oxidation sites excluding steroid dienone is 1. The van der Waals surface area contributed by atoms with Crippen LogP contribution in [-0.4, -0.2) is 64.4 Å². The van der Waals surface area contributed by atoms with Gasteiger partial charge in [-0.05, 0) is 71.9 Å². The molecule has 3 aromatic rings. The number of amides is 3. The zero-order valence-corrected chi connectivity index (χ0v) is 26.1. The predicted octanol–water partition coefficient (Wildman–Crippen LogP) is 4.43. The number of phenolic OH excluding ortho intramolecular Hbond substituents is 1. The van der Waals surface area contributed by atoms with E-state index in [1.54, 1.807) is 19.1 Å². The fraction of sp³-hybridized carbons (Fsp3) is 0.375. The van der Waals surface area contributed by atoms with Gasteiger partial charge < -0.3 is 30.4 Å². The number of aromatic nitrogens is 1. The number of H-pyrrole nitrogens is 1. The Morgan fingerprint density at radius 1 is 1.07 bits per heavy atom. The highest BCUT2D eigenvalue weighted by atomic mass is 79.9. The minimum absolute atomic E-state index is 0.0126. The number of fused-ring (bicyclic) bond motifs is 1. The van der Waals surface area contributed by atoms with Gasteiger partial charge in [0.2, 0.25) is 17.7 Å². The highest BCUT2D eigenvalue weighted by Gasteiger charge is 2.33. The normalized spacial score (nSPS) is 23.0. The monoisotopic (exact) mass is 652 g/mol. The Labute approximate surface area is 259 Å². The van der Waals surface area contributed by atoms with Crippen LogP contribution in [0, 0.1) is 0 Å². The van der Waals surface area contributed by atoms with Gasteiger partial charge in [0, 0.05) is 37.0 Å². The largest absolute Gasteiger partial charge is 0.507 e. The van der Waals surface area contributed by atoms with Gasteiger partial charge in [-0.2, -0.15) is 0 Å². The summed E-state index contributed by atoms with van der Waals surface area (Å²) in [6, 6.07) is 9.75. The van der Waals surface area contributed by atoms with Crippen molar-refractivity contribution < 1.29 is 29.0 Å². The topological polar surface area (TPSA) is 141 Å². The third-order valence-electron chi connectivity index (χ3n) is 7.64. The van der Waals surface area contributed by atoms with Crippen molar-refractivity contribution >= 4 is 50.5 Å². The van der Waals surface area contributed by atoms with Crippen molar-refractivity contribution in [2.75, 3.05) is 13.7 Å². The van der Waals surface area contributed by atoms with Gasteiger partial charge >= 0.3 is 5.97 Å². The van der Waals surface area contributed by atoms with Crippen molar-refractivity contribution in [2.45, 2.75) is 64.1 Å². The number of hydrogen-bond acceptors (Lipinski definition) is 6. The third-order valence-corrected chi connectivity index (χ3v) is 8.27. The minimum atomic E-state index is -0.978. The third kappa shape index (κ3) is 8.25. The molecule has 0 saturated heterocycles. The molecular formula is C32H37BrN4O6. The Morgan fingerprint density at radius 2 is 1.84 bits per heavy atom. The Balaban J connectivity index is 1.70. The lowest BCUT2D eigenvalue weighted by Crippen LogP contribution is -2.54. The SMILES string of the molecule is C/C1=C\CCOC(=O)C[C@H](c2ccc(O)c(Br)c2)NC(=O)C(Cc2c[nH]c3ccccc23)N(C)C(=O)[C@H](C)NC(=O)CC1. The lowest BCUT2D eigenvalue weighted by Gasteiger charge is -2.31.